The van der Waals surface area contributed by atoms with Crippen LogP contribution in [-0.2, 0) is 0 Å². The second-order valence-corrected chi connectivity index (χ2v) is 14.6. The first-order valence-electron chi connectivity index (χ1n) is 18.8. The lowest BCUT2D eigenvalue weighted by Gasteiger charge is -2.12. The molecule has 0 aliphatic carbocycles. The smallest absolute Gasteiger partial charge is 0.235 e. The van der Waals surface area contributed by atoms with Gasteiger partial charge in [-0.1, -0.05) is 115 Å². The summed E-state index contributed by atoms with van der Waals surface area (Å²) in [5.74, 6) is 0.660. The van der Waals surface area contributed by atoms with Gasteiger partial charge in [-0.25, -0.2) is 9.97 Å². The maximum Gasteiger partial charge on any atom is 0.235 e. The van der Waals surface area contributed by atoms with Gasteiger partial charge in [0.2, 0.25) is 5.95 Å². The average Bonchev–Trinajstić information content (AvgIpc) is 3.97. The first-order chi connectivity index (χ1) is 27.3. The molecule has 13 rings (SSSR count). The number of fused-ring (bicyclic) bond motifs is 14. The fourth-order valence-electron chi connectivity index (χ4n) is 9.54. The summed E-state index contributed by atoms with van der Waals surface area (Å²) in [4.78, 5) is 10.9. The van der Waals surface area contributed by atoms with E-state index in [-0.39, 0.29) is 0 Å². The van der Waals surface area contributed by atoms with Gasteiger partial charge >= 0.3 is 0 Å². The molecule has 0 atom stereocenters. The third kappa shape index (κ3) is 3.76. The number of para-hydroxylation sites is 6. The molecule has 0 spiro atoms. The molecule has 5 heteroatoms. The van der Waals surface area contributed by atoms with Crippen LogP contribution in [0.5, 0.6) is 0 Å². The van der Waals surface area contributed by atoms with E-state index in [2.05, 4.69) is 189 Å². The van der Waals surface area contributed by atoms with E-state index in [0.29, 0.717) is 5.95 Å². The van der Waals surface area contributed by atoms with Crippen molar-refractivity contribution in [1.82, 2.24) is 23.5 Å². The van der Waals surface area contributed by atoms with Gasteiger partial charge in [-0.3, -0.25) is 4.57 Å². The summed E-state index contributed by atoms with van der Waals surface area (Å²) in [6.45, 7) is 0. The van der Waals surface area contributed by atoms with Gasteiger partial charge in [0.15, 0.2) is 0 Å². The summed E-state index contributed by atoms with van der Waals surface area (Å²) >= 11 is 0. The van der Waals surface area contributed by atoms with Crippen molar-refractivity contribution in [3.8, 4) is 22.9 Å². The summed E-state index contributed by atoms with van der Waals surface area (Å²) in [7, 11) is 0. The highest BCUT2D eigenvalue weighted by atomic mass is 15.2. The topological polar surface area (TPSA) is 40.0 Å². The van der Waals surface area contributed by atoms with Crippen LogP contribution in [0.3, 0.4) is 0 Å². The van der Waals surface area contributed by atoms with E-state index >= 15 is 0 Å². The summed E-state index contributed by atoms with van der Waals surface area (Å²) in [6.07, 6.45) is 0. The zero-order valence-electron chi connectivity index (χ0n) is 29.5. The van der Waals surface area contributed by atoms with E-state index in [0.717, 1.165) is 38.9 Å². The molecule has 8 aromatic carbocycles. The van der Waals surface area contributed by atoms with Gasteiger partial charge in [-0.05, 0) is 60.7 Å². The quantitative estimate of drug-likeness (QED) is 0.184. The second kappa shape index (κ2) is 10.6. The van der Waals surface area contributed by atoms with Gasteiger partial charge in [0.05, 0.1) is 49.8 Å². The standard InChI is InChI=1S/C50H29N5/c1-2-14-31(15-3-1)53-40-22-10-5-16-32(40)37-28-30(26-27-44(37)53)48-34-18-4-9-21-39(34)51-50(52-48)55-43-25-13-7-19-35(43)46-45(55)29-38-33-17-6-11-23-41(33)54-42-24-12-8-20-36(42)47(46)49(38)54/h1-29H. The van der Waals surface area contributed by atoms with E-state index in [1.165, 1.54) is 70.7 Å². The highest BCUT2D eigenvalue weighted by Gasteiger charge is 2.25. The van der Waals surface area contributed by atoms with Crippen molar-refractivity contribution in [3.63, 3.8) is 0 Å². The third-order valence-electron chi connectivity index (χ3n) is 11.8. The lowest BCUT2D eigenvalue weighted by molar-refractivity contribution is 1.01. The van der Waals surface area contributed by atoms with Gasteiger partial charge in [0.1, 0.15) is 0 Å². The lowest BCUT2D eigenvalue weighted by atomic mass is 10.0. The highest BCUT2D eigenvalue weighted by Crippen LogP contribution is 2.46. The number of hydrogen-bond donors (Lipinski definition) is 0. The largest absolute Gasteiger partial charge is 0.309 e. The Labute approximate surface area is 313 Å². The van der Waals surface area contributed by atoms with Crippen molar-refractivity contribution in [2.45, 2.75) is 0 Å². The molecule has 0 bridgehead atoms. The molecule has 5 heterocycles. The summed E-state index contributed by atoms with van der Waals surface area (Å²) < 4.78 is 7.11. The van der Waals surface area contributed by atoms with Crippen molar-refractivity contribution in [3.05, 3.63) is 176 Å². The number of nitrogens with zero attached hydrogens (tertiary/aromatic N) is 5. The average molecular weight is 700 g/mol. The molecule has 0 fully saturated rings. The van der Waals surface area contributed by atoms with Crippen LogP contribution in [0.25, 0.3) is 116 Å². The summed E-state index contributed by atoms with van der Waals surface area (Å²) in [5.41, 5.74) is 12.3. The fourth-order valence-corrected chi connectivity index (χ4v) is 9.54. The first kappa shape index (κ1) is 29.0. The predicted octanol–water partition coefficient (Wildman–Crippen LogP) is 12.6. The first-order valence-corrected chi connectivity index (χ1v) is 18.8. The molecular formula is C50H29N5. The molecule has 5 aromatic heterocycles. The van der Waals surface area contributed by atoms with Crippen LogP contribution in [0.2, 0.25) is 0 Å². The third-order valence-corrected chi connectivity index (χ3v) is 11.8. The fraction of sp³-hybridized carbons (Fsp3) is 0. The van der Waals surface area contributed by atoms with E-state index in [4.69, 9.17) is 9.97 Å². The zero-order valence-corrected chi connectivity index (χ0v) is 29.5. The monoisotopic (exact) mass is 699 g/mol. The van der Waals surface area contributed by atoms with Gasteiger partial charge in [-0.15, -0.1) is 0 Å². The molecule has 13 aromatic rings. The summed E-state index contributed by atoms with van der Waals surface area (Å²) in [5, 5.41) is 10.9. The minimum atomic E-state index is 0.660. The highest BCUT2D eigenvalue weighted by molar-refractivity contribution is 6.35. The normalized spacial score (nSPS) is 12.4. The minimum absolute atomic E-state index is 0.660. The van der Waals surface area contributed by atoms with Crippen LogP contribution in [0.4, 0.5) is 0 Å². The molecule has 0 saturated carbocycles. The SMILES string of the molecule is c1ccc(-n2c3ccccc3c3cc(-c4nc(-n5c6ccccc6c6c7c8ccccc8n8c9ccccc9c(cc65)c78)nc5ccccc45)ccc32)cc1. The maximum absolute atomic E-state index is 5.55. The number of aromatic nitrogens is 5. The molecule has 0 unspecified atom stereocenters. The molecule has 55 heavy (non-hydrogen) atoms. The molecule has 5 nitrogen and oxygen atoms in total. The lowest BCUT2D eigenvalue weighted by Crippen LogP contribution is -2.03. The maximum atomic E-state index is 5.55. The van der Waals surface area contributed by atoms with Crippen molar-refractivity contribution < 1.29 is 0 Å². The van der Waals surface area contributed by atoms with Crippen LogP contribution in [0.1, 0.15) is 0 Å². The van der Waals surface area contributed by atoms with E-state index < -0.39 is 0 Å². The van der Waals surface area contributed by atoms with E-state index in [1.54, 1.807) is 0 Å². The van der Waals surface area contributed by atoms with Crippen molar-refractivity contribution in [1.29, 1.82) is 0 Å². The van der Waals surface area contributed by atoms with E-state index in [1.807, 2.05) is 0 Å². The van der Waals surface area contributed by atoms with Crippen LogP contribution in [0.15, 0.2) is 176 Å². The van der Waals surface area contributed by atoms with Crippen LogP contribution in [-0.4, -0.2) is 23.5 Å². The predicted molar refractivity (Wildman–Crippen MR) is 228 cm³/mol. The van der Waals surface area contributed by atoms with E-state index in [9.17, 15) is 0 Å². The minimum Gasteiger partial charge on any atom is -0.309 e. The van der Waals surface area contributed by atoms with Gasteiger partial charge in [0.25, 0.3) is 0 Å². The Morgan fingerprint density at radius 2 is 0.909 bits per heavy atom. The Morgan fingerprint density at radius 1 is 0.345 bits per heavy atom. The van der Waals surface area contributed by atoms with Crippen molar-refractivity contribution >= 4 is 92.6 Å². The Morgan fingerprint density at radius 3 is 1.67 bits per heavy atom. The van der Waals surface area contributed by atoms with Crippen molar-refractivity contribution in [2.24, 2.45) is 0 Å². The number of rotatable bonds is 3. The molecule has 0 aliphatic rings. The molecule has 0 aliphatic heterocycles. The molecule has 0 amide bonds. The molecular weight excluding hydrogens is 671 g/mol. The molecule has 0 radical (unpaired) electrons. The Hall–Kier alpha value is -7.50. The van der Waals surface area contributed by atoms with Gasteiger partial charge < -0.3 is 8.97 Å². The molecule has 254 valence electrons. The van der Waals surface area contributed by atoms with Crippen LogP contribution in [0, 0.1) is 0 Å². The number of benzene rings is 8. The van der Waals surface area contributed by atoms with Crippen molar-refractivity contribution in [2.75, 3.05) is 0 Å². The number of hydrogen-bond acceptors (Lipinski definition) is 2. The van der Waals surface area contributed by atoms with Crippen LogP contribution < -0.4 is 0 Å². The Bertz CT molecular complexity index is 3720. The Balaban J connectivity index is 1.14. The second-order valence-electron chi connectivity index (χ2n) is 14.6. The molecule has 0 saturated heterocycles. The van der Waals surface area contributed by atoms with Gasteiger partial charge in [-0.2, -0.15) is 0 Å². The Kier molecular flexibility index (Phi) is 5.57. The molecule has 0 N–H and O–H groups in total. The van der Waals surface area contributed by atoms with Crippen LogP contribution >= 0.6 is 0 Å². The summed E-state index contributed by atoms with van der Waals surface area (Å²) in [6, 6.07) is 63.2. The van der Waals surface area contributed by atoms with Gasteiger partial charge in [0, 0.05) is 59.7 Å². The zero-order chi connectivity index (χ0) is 35.8.